The Morgan fingerprint density at radius 3 is 0.889 bits per heavy atom. The monoisotopic (exact) mass is 1260 g/mol. The Hall–Kier alpha value is -5.01. The Labute approximate surface area is 542 Å². The molecule has 1 fully saturated rings. The molecule has 0 aliphatic heterocycles. The van der Waals surface area contributed by atoms with Crippen LogP contribution in [0.2, 0.25) is 0 Å². The minimum Gasteiger partial charge on any atom is -0.462 e. The molecular formula is C77H111O12P. The van der Waals surface area contributed by atoms with E-state index in [1.807, 2.05) is 152 Å². The highest BCUT2D eigenvalue weighted by Gasteiger charge is 2.56. The van der Waals surface area contributed by atoms with E-state index < -0.39 is 56.3 Å². The first kappa shape index (κ1) is 74.0. The van der Waals surface area contributed by atoms with Gasteiger partial charge in [-0.05, 0) is 40.7 Å². The van der Waals surface area contributed by atoms with Crippen LogP contribution in [0, 0.1) is 0 Å². The van der Waals surface area contributed by atoms with Crippen molar-refractivity contribution in [2.45, 2.75) is 269 Å². The van der Waals surface area contributed by atoms with Gasteiger partial charge in [0, 0.05) is 19.5 Å². The number of unbranched alkanes of at least 4 members (excludes halogenated alkanes) is 24. The van der Waals surface area contributed by atoms with Crippen LogP contribution in [0.1, 0.15) is 221 Å². The first-order valence-corrected chi connectivity index (χ1v) is 36.7. The Bertz CT molecular complexity index is 2510. The van der Waals surface area contributed by atoms with Gasteiger partial charge < -0.3 is 37.7 Å². The number of carbonyl (C=O) groups excluding carboxylic acids is 2. The van der Waals surface area contributed by atoms with Crippen molar-refractivity contribution in [3.8, 4) is 0 Å². The van der Waals surface area contributed by atoms with Crippen molar-refractivity contribution in [2.75, 3.05) is 19.9 Å². The average molecular weight is 1260 g/mol. The molecule has 5 aromatic carbocycles. The zero-order valence-electron chi connectivity index (χ0n) is 55.1. The molecule has 3 unspecified atom stereocenters. The molecule has 0 N–H and O–H groups in total. The fraction of sp³-hybridized carbons (Fsp3) is 0.584. The summed E-state index contributed by atoms with van der Waals surface area (Å²) >= 11 is 0. The van der Waals surface area contributed by atoms with E-state index in [9.17, 15) is 9.59 Å². The van der Waals surface area contributed by atoms with Gasteiger partial charge in [-0.1, -0.05) is 320 Å². The third kappa shape index (κ3) is 31.1. The molecule has 0 bridgehead atoms. The average Bonchev–Trinajstić information content (AvgIpc) is 0.807. The molecule has 90 heavy (non-hydrogen) atoms. The zero-order valence-corrected chi connectivity index (χ0v) is 56.0. The maximum absolute atomic E-state index is 15.5. The van der Waals surface area contributed by atoms with Crippen LogP contribution in [0.5, 0.6) is 0 Å². The Balaban J connectivity index is 1.21. The minimum absolute atomic E-state index is 0.139. The lowest BCUT2D eigenvalue weighted by molar-refractivity contribution is -0.279. The number of carbonyl (C=O) groups is 2. The summed E-state index contributed by atoms with van der Waals surface area (Å²) in [6.45, 7) is 6.14. The van der Waals surface area contributed by atoms with Crippen LogP contribution in [0.15, 0.2) is 152 Å². The minimum atomic E-state index is -4.20. The number of esters is 2. The van der Waals surface area contributed by atoms with E-state index in [-0.39, 0.29) is 65.1 Å². The van der Waals surface area contributed by atoms with E-state index in [1.54, 1.807) is 0 Å². The van der Waals surface area contributed by atoms with Crippen LogP contribution in [0.25, 0.3) is 0 Å². The second kappa shape index (κ2) is 46.1. The van der Waals surface area contributed by atoms with Crippen LogP contribution < -0.4 is 0 Å². The Morgan fingerprint density at radius 1 is 0.344 bits per heavy atom. The standard InChI is InChI=1S/C77H111O12P/c1-4-6-8-10-12-14-16-18-20-22-24-26-43-55-70(78)81-62-69(88-71(79)56-44-27-25-23-21-19-17-15-13-11-9-7-5-2)63-87-90(3,80)89-77-75(85-60-67-51-39-31-40-52-67)73(83-58-65-47-35-29-36-48-65)72(82-57-64-45-33-28-34-46-64)74(84-59-66-49-37-30-38-50-66)76(77)86-61-68-53-41-32-42-54-68/h28-42,45-54,69,72-77H,4-27,43-44,55-63H2,1-3H3/t69-,72?,73-,74+,75-,76-,77?,90?/m1/s1. The Morgan fingerprint density at radius 2 is 0.600 bits per heavy atom. The summed E-state index contributed by atoms with van der Waals surface area (Å²) in [5.41, 5.74) is 4.58. The molecule has 1 saturated carbocycles. The summed E-state index contributed by atoms with van der Waals surface area (Å²) in [5, 5.41) is 0. The number of benzene rings is 5. The van der Waals surface area contributed by atoms with E-state index in [0.717, 1.165) is 66.3 Å². The third-order valence-electron chi connectivity index (χ3n) is 16.9. The van der Waals surface area contributed by atoms with Gasteiger partial charge in [0.05, 0.1) is 39.6 Å². The molecule has 5 aromatic rings. The van der Waals surface area contributed by atoms with Crippen LogP contribution in [0.3, 0.4) is 0 Å². The van der Waals surface area contributed by atoms with Gasteiger partial charge in [0.1, 0.15) is 43.2 Å². The molecule has 0 saturated heterocycles. The fourth-order valence-corrected chi connectivity index (χ4v) is 12.9. The maximum atomic E-state index is 15.5. The molecule has 8 atom stereocenters. The maximum Gasteiger partial charge on any atom is 0.328 e. The molecule has 0 amide bonds. The van der Waals surface area contributed by atoms with Crippen LogP contribution >= 0.6 is 7.60 Å². The van der Waals surface area contributed by atoms with Gasteiger partial charge >= 0.3 is 19.5 Å². The highest BCUT2D eigenvalue weighted by atomic mass is 31.2. The van der Waals surface area contributed by atoms with Crippen molar-refractivity contribution in [1.82, 2.24) is 0 Å². The lowest BCUT2D eigenvalue weighted by Crippen LogP contribution is -2.67. The number of hydrogen-bond acceptors (Lipinski definition) is 12. The summed E-state index contributed by atoms with van der Waals surface area (Å²) in [6.07, 6.45) is 24.7. The van der Waals surface area contributed by atoms with Gasteiger partial charge in [0.15, 0.2) is 6.10 Å². The SMILES string of the molecule is CCCCCCCCCCCCCCCC(=O)OC[C@H](COP(C)(=O)OC1[C@H](OCc2ccccc2)[C@H](OCc2ccccc2)C(OCc2ccccc2)[C@H](OCc2ccccc2)[C@H]1OCc1ccccc1)OC(=O)CCCCCCCCCCCCCCC. The van der Waals surface area contributed by atoms with Crippen LogP contribution in [-0.4, -0.2) is 74.5 Å². The molecule has 0 radical (unpaired) electrons. The molecule has 6 rings (SSSR count). The summed E-state index contributed by atoms with van der Waals surface area (Å²) in [7, 11) is -4.20. The smallest absolute Gasteiger partial charge is 0.328 e. The summed E-state index contributed by atoms with van der Waals surface area (Å²) in [4.78, 5) is 27.1. The predicted molar refractivity (Wildman–Crippen MR) is 361 cm³/mol. The lowest BCUT2D eigenvalue weighted by atomic mass is 9.83. The Kier molecular flexibility index (Phi) is 37.9. The molecule has 0 spiro atoms. The van der Waals surface area contributed by atoms with E-state index >= 15 is 4.57 Å². The van der Waals surface area contributed by atoms with Crippen LogP contribution in [-0.2, 0) is 89.4 Å². The van der Waals surface area contributed by atoms with Crippen molar-refractivity contribution in [1.29, 1.82) is 0 Å². The van der Waals surface area contributed by atoms with Gasteiger partial charge in [-0.15, -0.1) is 0 Å². The van der Waals surface area contributed by atoms with Gasteiger partial charge in [-0.25, -0.2) is 0 Å². The largest absolute Gasteiger partial charge is 0.462 e. The number of hydrogen-bond donors (Lipinski definition) is 0. The highest BCUT2D eigenvalue weighted by molar-refractivity contribution is 7.53. The highest BCUT2D eigenvalue weighted by Crippen LogP contribution is 2.50. The van der Waals surface area contributed by atoms with Gasteiger partial charge in [-0.3, -0.25) is 18.7 Å². The van der Waals surface area contributed by atoms with E-state index in [1.165, 1.54) is 122 Å². The molecule has 496 valence electrons. The van der Waals surface area contributed by atoms with Gasteiger partial charge in [0.2, 0.25) is 0 Å². The van der Waals surface area contributed by atoms with E-state index in [0.29, 0.717) is 12.8 Å². The van der Waals surface area contributed by atoms with Crippen molar-refractivity contribution in [3.63, 3.8) is 0 Å². The topological polar surface area (TPSA) is 134 Å². The lowest BCUT2D eigenvalue weighted by Gasteiger charge is -2.50. The molecule has 13 heteroatoms. The normalized spacial score (nSPS) is 18.4. The predicted octanol–water partition coefficient (Wildman–Crippen LogP) is 19.6. The van der Waals surface area contributed by atoms with E-state index in [2.05, 4.69) is 13.8 Å². The molecule has 1 aliphatic rings. The third-order valence-corrected chi connectivity index (χ3v) is 18.1. The van der Waals surface area contributed by atoms with Gasteiger partial charge in [-0.2, -0.15) is 0 Å². The summed E-state index contributed by atoms with van der Waals surface area (Å²) < 4.78 is 76.0. The first-order chi connectivity index (χ1) is 44.2. The molecule has 0 heterocycles. The van der Waals surface area contributed by atoms with Crippen molar-refractivity contribution >= 4 is 19.5 Å². The van der Waals surface area contributed by atoms with Crippen molar-refractivity contribution in [2.24, 2.45) is 0 Å². The number of rotatable bonds is 51. The quantitative estimate of drug-likeness (QED) is 0.0208. The number of ether oxygens (including phenoxy) is 7. The van der Waals surface area contributed by atoms with Crippen molar-refractivity contribution in [3.05, 3.63) is 179 Å². The van der Waals surface area contributed by atoms with Crippen molar-refractivity contribution < 1.29 is 56.4 Å². The fourth-order valence-electron chi connectivity index (χ4n) is 11.7. The van der Waals surface area contributed by atoms with Crippen LogP contribution in [0.4, 0.5) is 0 Å². The molecule has 12 nitrogen and oxygen atoms in total. The zero-order chi connectivity index (χ0) is 63.4. The van der Waals surface area contributed by atoms with E-state index in [4.69, 9.17) is 42.2 Å². The molecular weight excluding hydrogens is 1150 g/mol. The first-order valence-electron chi connectivity index (χ1n) is 34.7. The molecule has 1 aliphatic carbocycles. The summed E-state index contributed by atoms with van der Waals surface area (Å²) in [5.74, 6) is -0.807. The van der Waals surface area contributed by atoms with Gasteiger partial charge in [0.25, 0.3) is 0 Å². The second-order valence-electron chi connectivity index (χ2n) is 24.7. The molecule has 0 aromatic heterocycles. The second-order valence-corrected chi connectivity index (χ2v) is 26.7. The summed E-state index contributed by atoms with van der Waals surface area (Å²) in [6, 6.07) is 49.4.